The van der Waals surface area contributed by atoms with E-state index in [0.29, 0.717) is 0 Å². The number of fused-ring (bicyclic) bond motifs is 13. The van der Waals surface area contributed by atoms with Crippen LogP contribution in [0.4, 0.5) is 34.1 Å². The van der Waals surface area contributed by atoms with Crippen molar-refractivity contribution in [1.29, 1.82) is 0 Å². The van der Waals surface area contributed by atoms with Gasteiger partial charge in [0.2, 0.25) is 0 Å². The Hall–Kier alpha value is -7.88. The molecule has 1 heterocycles. The summed E-state index contributed by atoms with van der Waals surface area (Å²) in [5, 5.41) is 6.97. The second-order valence-corrected chi connectivity index (χ2v) is 18.9. The van der Waals surface area contributed by atoms with Gasteiger partial charge < -0.3 is 14.2 Å². The lowest BCUT2D eigenvalue weighted by atomic mass is 9.82. The first-order chi connectivity index (χ1) is 31.7. The summed E-state index contributed by atoms with van der Waals surface area (Å²) in [5.74, 6) is 0. The van der Waals surface area contributed by atoms with Crippen molar-refractivity contribution < 1.29 is 4.42 Å². The van der Waals surface area contributed by atoms with Crippen molar-refractivity contribution in [3.05, 3.63) is 229 Å². The molecule has 0 radical (unpaired) electrons. The van der Waals surface area contributed by atoms with E-state index >= 15 is 0 Å². The Labute approximate surface area is 379 Å². The fraction of sp³-hybridized carbons (Fsp3) is 0.0968. The summed E-state index contributed by atoms with van der Waals surface area (Å²) in [6.07, 6.45) is 0. The predicted molar refractivity (Wildman–Crippen MR) is 273 cm³/mol. The van der Waals surface area contributed by atoms with Crippen LogP contribution >= 0.6 is 0 Å². The zero-order valence-electron chi connectivity index (χ0n) is 36.9. The smallest absolute Gasteiger partial charge is 0.136 e. The molecule has 0 fully saturated rings. The third kappa shape index (κ3) is 5.55. The molecule has 3 nitrogen and oxygen atoms in total. The monoisotopic (exact) mass is 834 g/mol. The Bertz CT molecular complexity index is 3480. The standard InChI is InChI=1S/C62H46N2O/c1-61(2)53-21-13-11-19-49(53)51-31-27-45(37-55(51)61)63(41-15-7-5-8-16-41)43-25-29-47-39(35-43)23-33-57-59(47)60-48-30-26-44(36-40(48)24-34-58(60)65-57)64(42-17-9-6-10-18-42)46-28-32-52-50-20-12-14-22-54(50)62(3,4)56(52)38-46/h5-38H,1-4H3. The van der Waals surface area contributed by atoms with Gasteiger partial charge in [-0.25, -0.2) is 0 Å². The summed E-state index contributed by atoms with van der Waals surface area (Å²) in [4.78, 5) is 4.79. The molecule has 0 aliphatic heterocycles. The zero-order chi connectivity index (χ0) is 43.6. The molecule has 0 saturated carbocycles. The SMILES string of the molecule is CC1(C)c2ccccc2-c2ccc(N(c3ccccc3)c3ccc4c(ccc5oc6ccc7cc(N(c8ccccc8)c8ccc9c(c8)C(C)(C)c8ccccc8-9)ccc7c6c54)c3)cc21. The second-order valence-electron chi connectivity index (χ2n) is 18.9. The van der Waals surface area contributed by atoms with E-state index in [1.54, 1.807) is 0 Å². The molecule has 13 rings (SSSR count). The highest BCUT2D eigenvalue weighted by Gasteiger charge is 2.37. The van der Waals surface area contributed by atoms with E-state index in [2.05, 4.69) is 244 Å². The topological polar surface area (TPSA) is 19.6 Å². The molecule has 3 heteroatoms. The van der Waals surface area contributed by atoms with E-state index in [4.69, 9.17) is 4.42 Å². The Morgan fingerprint density at radius 1 is 0.308 bits per heavy atom. The first-order valence-electron chi connectivity index (χ1n) is 22.7. The molecule has 0 saturated heterocycles. The summed E-state index contributed by atoms with van der Waals surface area (Å²) < 4.78 is 6.66. The maximum absolute atomic E-state index is 6.66. The largest absolute Gasteiger partial charge is 0.456 e. The van der Waals surface area contributed by atoms with Crippen LogP contribution in [0.5, 0.6) is 0 Å². The van der Waals surface area contributed by atoms with E-state index in [1.165, 1.54) is 55.3 Å². The Morgan fingerprint density at radius 3 is 1.12 bits per heavy atom. The van der Waals surface area contributed by atoms with Gasteiger partial charge in [0.1, 0.15) is 11.2 Å². The summed E-state index contributed by atoms with van der Waals surface area (Å²) in [7, 11) is 0. The van der Waals surface area contributed by atoms with Crippen molar-refractivity contribution >= 4 is 77.6 Å². The lowest BCUT2D eigenvalue weighted by molar-refractivity contribution is 0.660. The molecule has 0 bridgehead atoms. The van der Waals surface area contributed by atoms with Crippen LogP contribution in [0.3, 0.4) is 0 Å². The fourth-order valence-electron chi connectivity index (χ4n) is 11.4. The minimum atomic E-state index is -0.100. The molecule has 11 aromatic rings. The van der Waals surface area contributed by atoms with E-state index in [-0.39, 0.29) is 10.8 Å². The summed E-state index contributed by atoms with van der Waals surface area (Å²) in [5.41, 5.74) is 19.1. The van der Waals surface area contributed by atoms with Crippen LogP contribution in [0.25, 0.3) is 65.7 Å². The van der Waals surface area contributed by atoms with Crippen LogP contribution in [0, 0.1) is 0 Å². The molecular weight excluding hydrogens is 789 g/mol. The highest BCUT2D eigenvalue weighted by Crippen LogP contribution is 2.53. The molecule has 1 aromatic heterocycles. The summed E-state index contributed by atoms with van der Waals surface area (Å²) >= 11 is 0. The number of rotatable bonds is 6. The van der Waals surface area contributed by atoms with Crippen LogP contribution < -0.4 is 9.80 Å². The van der Waals surface area contributed by atoms with Gasteiger partial charge in [0, 0.05) is 55.7 Å². The molecule has 2 aliphatic carbocycles. The van der Waals surface area contributed by atoms with Gasteiger partial charge in [0.15, 0.2) is 0 Å². The number of nitrogens with zero attached hydrogens (tertiary/aromatic N) is 2. The zero-order valence-corrected chi connectivity index (χ0v) is 36.9. The quantitative estimate of drug-likeness (QED) is 0.166. The lowest BCUT2D eigenvalue weighted by Gasteiger charge is -2.28. The molecular formula is C62H46N2O. The molecule has 0 atom stereocenters. The number of hydrogen-bond donors (Lipinski definition) is 0. The maximum Gasteiger partial charge on any atom is 0.136 e. The van der Waals surface area contributed by atoms with Gasteiger partial charge >= 0.3 is 0 Å². The van der Waals surface area contributed by atoms with Crippen LogP contribution in [-0.2, 0) is 10.8 Å². The normalized spacial score (nSPS) is 14.1. The molecule has 65 heavy (non-hydrogen) atoms. The van der Waals surface area contributed by atoms with Gasteiger partial charge in [0.25, 0.3) is 0 Å². The molecule has 310 valence electrons. The third-order valence-corrected chi connectivity index (χ3v) is 14.6. The van der Waals surface area contributed by atoms with E-state index in [1.807, 2.05) is 0 Å². The van der Waals surface area contributed by atoms with E-state index in [9.17, 15) is 0 Å². The van der Waals surface area contributed by atoms with Gasteiger partial charge in [-0.3, -0.25) is 0 Å². The van der Waals surface area contributed by atoms with Crippen molar-refractivity contribution in [3.8, 4) is 22.3 Å². The molecule has 0 spiro atoms. The van der Waals surface area contributed by atoms with Gasteiger partial charge in [-0.05, 0) is 151 Å². The van der Waals surface area contributed by atoms with Gasteiger partial charge in [-0.2, -0.15) is 0 Å². The van der Waals surface area contributed by atoms with Gasteiger partial charge in [-0.15, -0.1) is 0 Å². The van der Waals surface area contributed by atoms with Crippen LogP contribution in [0.15, 0.2) is 211 Å². The molecule has 0 unspecified atom stereocenters. The minimum Gasteiger partial charge on any atom is -0.456 e. The van der Waals surface area contributed by atoms with Crippen LogP contribution in [-0.4, -0.2) is 0 Å². The first-order valence-corrected chi connectivity index (χ1v) is 22.7. The van der Waals surface area contributed by atoms with Crippen molar-refractivity contribution in [2.45, 2.75) is 38.5 Å². The molecule has 0 amide bonds. The van der Waals surface area contributed by atoms with Crippen molar-refractivity contribution in [3.63, 3.8) is 0 Å². The Kier molecular flexibility index (Phi) is 8.00. The molecule has 2 aliphatic rings. The Morgan fingerprint density at radius 2 is 0.677 bits per heavy atom. The summed E-state index contributed by atoms with van der Waals surface area (Å²) in [6, 6.07) is 75.7. The molecule has 0 N–H and O–H groups in total. The van der Waals surface area contributed by atoms with Crippen molar-refractivity contribution in [1.82, 2.24) is 0 Å². The van der Waals surface area contributed by atoms with Crippen molar-refractivity contribution in [2.75, 3.05) is 9.80 Å². The number of furan rings is 1. The maximum atomic E-state index is 6.66. The van der Waals surface area contributed by atoms with Gasteiger partial charge in [-0.1, -0.05) is 149 Å². The average molecular weight is 835 g/mol. The predicted octanol–water partition coefficient (Wildman–Crippen LogP) is 17.4. The Balaban J connectivity index is 0.937. The number of anilines is 6. The first kappa shape index (κ1) is 37.7. The molecule has 10 aromatic carbocycles. The number of hydrogen-bond acceptors (Lipinski definition) is 3. The highest BCUT2D eigenvalue weighted by atomic mass is 16.3. The highest BCUT2D eigenvalue weighted by molar-refractivity contribution is 6.27. The van der Waals surface area contributed by atoms with E-state index < -0.39 is 0 Å². The lowest BCUT2D eigenvalue weighted by Crippen LogP contribution is -2.16. The average Bonchev–Trinajstić information content (AvgIpc) is 3.92. The summed E-state index contributed by atoms with van der Waals surface area (Å²) in [6.45, 7) is 9.40. The number of benzene rings is 10. The second kappa shape index (κ2) is 13.8. The van der Waals surface area contributed by atoms with Crippen LogP contribution in [0.1, 0.15) is 49.9 Å². The van der Waals surface area contributed by atoms with Crippen molar-refractivity contribution in [2.24, 2.45) is 0 Å². The number of para-hydroxylation sites is 2. The van der Waals surface area contributed by atoms with Gasteiger partial charge in [0.05, 0.1) is 0 Å². The minimum absolute atomic E-state index is 0.100. The third-order valence-electron chi connectivity index (χ3n) is 14.6. The van der Waals surface area contributed by atoms with E-state index in [0.717, 1.165) is 66.8 Å². The van der Waals surface area contributed by atoms with Crippen LogP contribution in [0.2, 0.25) is 0 Å². The fourth-order valence-corrected chi connectivity index (χ4v) is 11.4.